The number of hydrogen-bond acceptors (Lipinski definition) is 2. The molecule has 1 saturated carbocycles. The van der Waals surface area contributed by atoms with Crippen LogP contribution in [0.3, 0.4) is 0 Å². The molecule has 0 radical (unpaired) electrons. The molecule has 1 heterocycles. The Morgan fingerprint density at radius 2 is 2.00 bits per heavy atom. The van der Waals surface area contributed by atoms with Gasteiger partial charge in [-0.1, -0.05) is 28.8 Å². The van der Waals surface area contributed by atoms with Gasteiger partial charge in [-0.2, -0.15) is 0 Å². The molecule has 0 amide bonds. The van der Waals surface area contributed by atoms with Gasteiger partial charge in [0.1, 0.15) is 11.5 Å². The highest BCUT2D eigenvalue weighted by Crippen LogP contribution is 2.28. The Morgan fingerprint density at radius 3 is 2.75 bits per heavy atom. The Balaban J connectivity index is 1.69. The summed E-state index contributed by atoms with van der Waals surface area (Å²) in [5.41, 5.74) is 2.39. The third kappa shape index (κ3) is 3.15. The van der Waals surface area contributed by atoms with E-state index < -0.39 is 0 Å². The topological polar surface area (TPSA) is 25.2 Å². The lowest BCUT2D eigenvalue weighted by Gasteiger charge is -2.09. The molecule has 0 saturated heterocycles. The van der Waals surface area contributed by atoms with Gasteiger partial charge < -0.3 is 9.73 Å². The monoisotopic (exact) mass is 333 g/mol. The summed E-state index contributed by atoms with van der Waals surface area (Å²) >= 11 is 3.50. The molecule has 1 aromatic heterocycles. The average molecular weight is 334 g/mol. The first-order chi connectivity index (χ1) is 9.72. The minimum absolute atomic E-state index is 0.679. The molecule has 1 fully saturated rings. The average Bonchev–Trinajstić information content (AvgIpc) is 3.07. The molecule has 0 spiro atoms. The molecule has 1 N–H and O–H groups in total. The van der Waals surface area contributed by atoms with E-state index >= 15 is 0 Å². The quantitative estimate of drug-likeness (QED) is 0.846. The van der Waals surface area contributed by atoms with E-state index in [2.05, 4.69) is 58.5 Å². The van der Waals surface area contributed by atoms with Crippen molar-refractivity contribution in [3.8, 4) is 11.3 Å². The van der Waals surface area contributed by atoms with Crippen LogP contribution < -0.4 is 5.32 Å². The molecule has 1 aromatic carbocycles. The zero-order chi connectivity index (χ0) is 13.9. The Bertz CT molecular complexity index is 584. The van der Waals surface area contributed by atoms with Crippen LogP contribution in [0.25, 0.3) is 11.3 Å². The van der Waals surface area contributed by atoms with Crippen LogP contribution in [0, 0.1) is 6.92 Å². The van der Waals surface area contributed by atoms with Crippen LogP contribution in [0.2, 0.25) is 0 Å². The molecule has 2 aromatic rings. The first-order valence-corrected chi connectivity index (χ1v) is 8.10. The van der Waals surface area contributed by atoms with E-state index in [4.69, 9.17) is 4.42 Å². The fourth-order valence-electron chi connectivity index (χ4n) is 2.90. The van der Waals surface area contributed by atoms with Crippen LogP contribution in [0.1, 0.15) is 37.0 Å². The van der Waals surface area contributed by atoms with Gasteiger partial charge in [-0.15, -0.1) is 0 Å². The van der Waals surface area contributed by atoms with Crippen LogP contribution in [-0.4, -0.2) is 6.04 Å². The Hall–Kier alpha value is -1.06. The van der Waals surface area contributed by atoms with Crippen LogP contribution in [0.4, 0.5) is 0 Å². The number of hydrogen-bond donors (Lipinski definition) is 1. The van der Waals surface area contributed by atoms with Gasteiger partial charge in [0.05, 0.1) is 6.54 Å². The largest absolute Gasteiger partial charge is 0.460 e. The third-order valence-electron chi connectivity index (χ3n) is 4.04. The van der Waals surface area contributed by atoms with Crippen molar-refractivity contribution in [1.29, 1.82) is 0 Å². The van der Waals surface area contributed by atoms with E-state index in [-0.39, 0.29) is 0 Å². The van der Waals surface area contributed by atoms with Crippen LogP contribution in [0.5, 0.6) is 0 Å². The van der Waals surface area contributed by atoms with Crippen molar-refractivity contribution in [2.75, 3.05) is 0 Å². The predicted molar refractivity (Wildman–Crippen MR) is 85.7 cm³/mol. The van der Waals surface area contributed by atoms with Gasteiger partial charge in [0.2, 0.25) is 0 Å². The molecule has 3 rings (SSSR count). The van der Waals surface area contributed by atoms with Gasteiger partial charge in [0.15, 0.2) is 0 Å². The van der Waals surface area contributed by atoms with E-state index in [0.29, 0.717) is 6.04 Å². The fraction of sp³-hybridized carbons (Fsp3) is 0.412. The Kier molecular flexibility index (Phi) is 4.27. The first-order valence-electron chi connectivity index (χ1n) is 7.31. The maximum Gasteiger partial charge on any atom is 0.134 e. The lowest BCUT2D eigenvalue weighted by atomic mass is 10.1. The summed E-state index contributed by atoms with van der Waals surface area (Å²) < 4.78 is 7.08. The van der Waals surface area contributed by atoms with Gasteiger partial charge >= 0.3 is 0 Å². The highest BCUT2D eigenvalue weighted by molar-refractivity contribution is 9.10. The fourth-order valence-corrected chi connectivity index (χ4v) is 3.37. The summed E-state index contributed by atoms with van der Waals surface area (Å²) in [6.45, 7) is 2.94. The number of rotatable bonds is 4. The Morgan fingerprint density at radius 1 is 1.20 bits per heavy atom. The number of nitrogens with one attached hydrogen (secondary N) is 1. The van der Waals surface area contributed by atoms with Crippen molar-refractivity contribution >= 4 is 15.9 Å². The summed E-state index contributed by atoms with van der Waals surface area (Å²) in [5.74, 6) is 1.98. The summed E-state index contributed by atoms with van der Waals surface area (Å²) in [5, 5.41) is 3.59. The normalized spacial score (nSPS) is 15.9. The highest BCUT2D eigenvalue weighted by Gasteiger charge is 2.15. The molecule has 0 aliphatic heterocycles. The van der Waals surface area contributed by atoms with Crippen LogP contribution in [-0.2, 0) is 6.54 Å². The second-order valence-electron chi connectivity index (χ2n) is 5.59. The molecule has 106 valence electrons. The van der Waals surface area contributed by atoms with Crippen molar-refractivity contribution in [3.05, 3.63) is 46.1 Å². The maximum atomic E-state index is 5.97. The van der Waals surface area contributed by atoms with Crippen LogP contribution >= 0.6 is 15.9 Å². The lowest BCUT2D eigenvalue weighted by molar-refractivity contribution is 0.452. The molecular formula is C17H20BrNO. The first kappa shape index (κ1) is 13.9. The second-order valence-corrected chi connectivity index (χ2v) is 6.50. The second kappa shape index (κ2) is 6.15. The molecule has 3 heteroatoms. The van der Waals surface area contributed by atoms with Crippen molar-refractivity contribution in [2.24, 2.45) is 0 Å². The SMILES string of the molecule is Cc1cc(Br)ccc1-c1ccc(CNC2CCCC2)o1. The summed E-state index contributed by atoms with van der Waals surface area (Å²) in [7, 11) is 0. The number of benzene rings is 1. The van der Waals surface area contributed by atoms with Crippen molar-refractivity contribution in [1.82, 2.24) is 5.32 Å². The lowest BCUT2D eigenvalue weighted by Crippen LogP contribution is -2.24. The number of aryl methyl sites for hydroxylation is 1. The Labute approximate surface area is 128 Å². The van der Waals surface area contributed by atoms with Gasteiger partial charge in [0.25, 0.3) is 0 Å². The molecule has 0 bridgehead atoms. The van der Waals surface area contributed by atoms with Crippen molar-refractivity contribution < 1.29 is 4.42 Å². The zero-order valence-electron chi connectivity index (χ0n) is 11.8. The van der Waals surface area contributed by atoms with Gasteiger partial charge in [-0.25, -0.2) is 0 Å². The number of halogens is 1. The van der Waals surface area contributed by atoms with E-state index in [1.165, 1.54) is 36.8 Å². The van der Waals surface area contributed by atoms with E-state index in [1.54, 1.807) is 0 Å². The van der Waals surface area contributed by atoms with E-state index in [9.17, 15) is 0 Å². The smallest absolute Gasteiger partial charge is 0.134 e. The van der Waals surface area contributed by atoms with E-state index in [0.717, 1.165) is 22.5 Å². The third-order valence-corrected chi connectivity index (χ3v) is 4.53. The number of furan rings is 1. The maximum absolute atomic E-state index is 5.97. The van der Waals surface area contributed by atoms with Crippen molar-refractivity contribution in [3.63, 3.8) is 0 Å². The highest BCUT2D eigenvalue weighted by atomic mass is 79.9. The van der Waals surface area contributed by atoms with Gasteiger partial charge in [-0.05, 0) is 55.7 Å². The van der Waals surface area contributed by atoms with Gasteiger partial charge in [0, 0.05) is 16.1 Å². The molecule has 2 nitrogen and oxygen atoms in total. The summed E-state index contributed by atoms with van der Waals surface area (Å²) in [6.07, 6.45) is 5.33. The summed E-state index contributed by atoms with van der Waals surface area (Å²) in [4.78, 5) is 0. The van der Waals surface area contributed by atoms with E-state index in [1.807, 2.05) is 0 Å². The standard InChI is InChI=1S/C17H20BrNO/c1-12-10-13(18)6-8-16(12)17-9-7-15(20-17)11-19-14-4-2-3-5-14/h6-10,14,19H,2-5,11H2,1H3. The minimum Gasteiger partial charge on any atom is -0.460 e. The molecule has 0 atom stereocenters. The minimum atomic E-state index is 0.679. The zero-order valence-corrected chi connectivity index (χ0v) is 13.4. The van der Waals surface area contributed by atoms with Crippen molar-refractivity contribution in [2.45, 2.75) is 45.2 Å². The molecule has 0 unspecified atom stereocenters. The molecular weight excluding hydrogens is 314 g/mol. The molecule has 1 aliphatic rings. The molecule has 20 heavy (non-hydrogen) atoms. The summed E-state index contributed by atoms with van der Waals surface area (Å²) in [6, 6.07) is 11.1. The van der Waals surface area contributed by atoms with Gasteiger partial charge in [-0.3, -0.25) is 0 Å². The molecule has 1 aliphatic carbocycles. The predicted octanol–water partition coefficient (Wildman–Crippen LogP) is 5.05. The van der Waals surface area contributed by atoms with Crippen LogP contribution in [0.15, 0.2) is 39.2 Å².